The van der Waals surface area contributed by atoms with E-state index in [9.17, 15) is 9.90 Å². The van der Waals surface area contributed by atoms with Crippen LogP contribution in [-0.4, -0.2) is 22.1 Å². The van der Waals surface area contributed by atoms with E-state index < -0.39 is 12.0 Å². The lowest BCUT2D eigenvalue weighted by molar-refractivity contribution is -0.140. The quantitative estimate of drug-likeness (QED) is 0.700. The first-order valence-electron chi connectivity index (χ1n) is 5.75. The van der Waals surface area contributed by atoms with Gasteiger partial charge in [0.1, 0.15) is 6.04 Å². The first-order chi connectivity index (χ1) is 8.16. The summed E-state index contributed by atoms with van der Waals surface area (Å²) in [5.41, 5.74) is 2.95. The Morgan fingerprint density at radius 2 is 2.18 bits per heavy atom. The van der Waals surface area contributed by atoms with Crippen molar-refractivity contribution in [2.24, 2.45) is 0 Å². The molecule has 1 aliphatic heterocycles. The first-order valence-corrected chi connectivity index (χ1v) is 5.75. The largest absolute Gasteiger partial charge is 0.480 e. The number of rotatable bonds is 1. The minimum Gasteiger partial charge on any atom is -0.480 e. The zero-order valence-electron chi connectivity index (χ0n) is 9.53. The van der Waals surface area contributed by atoms with Crippen LogP contribution in [0.25, 0.3) is 10.9 Å². The molecule has 2 heterocycles. The Bertz CT molecular complexity index is 588. The van der Waals surface area contributed by atoms with E-state index in [0.717, 1.165) is 28.6 Å². The molecule has 3 rings (SSSR count). The topological polar surface area (TPSA) is 65.1 Å². The molecule has 4 heteroatoms. The third-order valence-electron chi connectivity index (χ3n) is 3.34. The summed E-state index contributed by atoms with van der Waals surface area (Å²) in [4.78, 5) is 14.5. The molecule has 2 unspecified atom stereocenters. The number of fused-ring (bicyclic) bond motifs is 3. The number of benzene rings is 1. The maximum atomic E-state index is 11.3. The van der Waals surface area contributed by atoms with Crippen LogP contribution in [0, 0.1) is 0 Å². The molecule has 2 atom stereocenters. The lowest BCUT2D eigenvalue weighted by Crippen LogP contribution is -2.41. The number of hydrogen-bond acceptors (Lipinski definition) is 2. The number of carboxylic acids is 1. The van der Waals surface area contributed by atoms with Crippen molar-refractivity contribution in [1.29, 1.82) is 0 Å². The lowest BCUT2D eigenvalue weighted by Gasteiger charge is -2.26. The summed E-state index contributed by atoms with van der Waals surface area (Å²) in [6, 6.07) is 7.53. The van der Waals surface area contributed by atoms with E-state index in [0.29, 0.717) is 0 Å². The molecule has 0 spiro atoms. The van der Waals surface area contributed by atoms with E-state index in [1.165, 1.54) is 0 Å². The molecule has 0 aliphatic carbocycles. The van der Waals surface area contributed by atoms with Gasteiger partial charge in [-0.1, -0.05) is 18.2 Å². The summed E-state index contributed by atoms with van der Waals surface area (Å²) in [7, 11) is 0. The summed E-state index contributed by atoms with van der Waals surface area (Å²) < 4.78 is 0. The smallest absolute Gasteiger partial charge is 0.326 e. The van der Waals surface area contributed by atoms with Gasteiger partial charge in [-0.05, 0) is 25.0 Å². The van der Waals surface area contributed by atoms with E-state index in [4.69, 9.17) is 0 Å². The van der Waals surface area contributed by atoms with Crippen LogP contribution in [0.1, 0.15) is 24.2 Å². The SMILES string of the molecule is CC1Cc2c([nH]c3ccccc23)C(C(=O)O)N1. The van der Waals surface area contributed by atoms with Crippen LogP contribution >= 0.6 is 0 Å². The van der Waals surface area contributed by atoms with Gasteiger partial charge in [0.05, 0.1) is 0 Å². The van der Waals surface area contributed by atoms with Crippen molar-refractivity contribution < 1.29 is 9.90 Å². The number of aliphatic carboxylic acids is 1. The van der Waals surface area contributed by atoms with Crippen LogP contribution in [0.15, 0.2) is 24.3 Å². The fourth-order valence-corrected chi connectivity index (χ4v) is 2.61. The molecule has 0 amide bonds. The van der Waals surface area contributed by atoms with Gasteiger partial charge in [0.2, 0.25) is 0 Å². The number of carboxylic acid groups (broad SMARTS) is 1. The molecule has 1 aliphatic rings. The Morgan fingerprint density at radius 1 is 1.41 bits per heavy atom. The van der Waals surface area contributed by atoms with Gasteiger partial charge >= 0.3 is 5.97 Å². The summed E-state index contributed by atoms with van der Waals surface area (Å²) in [6.07, 6.45) is 0.864. The second-order valence-electron chi connectivity index (χ2n) is 4.61. The zero-order valence-corrected chi connectivity index (χ0v) is 9.53. The second-order valence-corrected chi connectivity index (χ2v) is 4.61. The molecule has 17 heavy (non-hydrogen) atoms. The highest BCUT2D eigenvalue weighted by molar-refractivity contribution is 5.88. The predicted molar refractivity (Wildman–Crippen MR) is 65.0 cm³/mol. The number of nitrogens with one attached hydrogen (secondary N) is 2. The molecule has 0 saturated heterocycles. The van der Waals surface area contributed by atoms with Crippen molar-refractivity contribution in [2.75, 3.05) is 0 Å². The van der Waals surface area contributed by atoms with Gasteiger partial charge in [0.25, 0.3) is 0 Å². The fraction of sp³-hybridized carbons (Fsp3) is 0.308. The van der Waals surface area contributed by atoms with E-state index in [2.05, 4.69) is 10.3 Å². The monoisotopic (exact) mass is 230 g/mol. The number of H-pyrrole nitrogens is 1. The third-order valence-corrected chi connectivity index (χ3v) is 3.34. The van der Waals surface area contributed by atoms with Crippen molar-refractivity contribution >= 4 is 16.9 Å². The van der Waals surface area contributed by atoms with Gasteiger partial charge in [-0.25, -0.2) is 0 Å². The molecular weight excluding hydrogens is 216 g/mol. The molecule has 88 valence electrons. The molecule has 1 aromatic heterocycles. The second kappa shape index (κ2) is 3.60. The summed E-state index contributed by atoms with van der Waals surface area (Å²) in [5.74, 6) is -0.829. The Balaban J connectivity index is 2.24. The fourth-order valence-electron chi connectivity index (χ4n) is 2.61. The van der Waals surface area contributed by atoms with E-state index >= 15 is 0 Å². The molecular formula is C13H14N2O2. The molecule has 0 saturated carbocycles. The predicted octanol–water partition coefficient (Wildman–Crippen LogP) is 1.83. The number of carbonyl (C=O) groups is 1. The van der Waals surface area contributed by atoms with Gasteiger partial charge in [-0.15, -0.1) is 0 Å². The van der Waals surface area contributed by atoms with Gasteiger partial charge in [0, 0.05) is 22.6 Å². The highest BCUT2D eigenvalue weighted by Crippen LogP contribution is 2.31. The van der Waals surface area contributed by atoms with Crippen molar-refractivity contribution in [2.45, 2.75) is 25.4 Å². The van der Waals surface area contributed by atoms with Crippen LogP contribution in [-0.2, 0) is 11.2 Å². The van der Waals surface area contributed by atoms with Gasteiger partial charge in [0.15, 0.2) is 0 Å². The van der Waals surface area contributed by atoms with Gasteiger partial charge in [-0.3, -0.25) is 10.1 Å². The van der Waals surface area contributed by atoms with Crippen LogP contribution in [0.3, 0.4) is 0 Å². The van der Waals surface area contributed by atoms with Crippen LogP contribution in [0.4, 0.5) is 0 Å². The zero-order chi connectivity index (χ0) is 12.0. The summed E-state index contributed by atoms with van der Waals surface area (Å²) >= 11 is 0. The third kappa shape index (κ3) is 1.52. The van der Waals surface area contributed by atoms with Crippen molar-refractivity contribution in [1.82, 2.24) is 10.3 Å². The van der Waals surface area contributed by atoms with Crippen molar-refractivity contribution in [3.05, 3.63) is 35.5 Å². The summed E-state index contributed by atoms with van der Waals surface area (Å²) in [5, 5.41) is 13.5. The number of aromatic amines is 1. The average Bonchev–Trinajstić information content (AvgIpc) is 2.66. The Kier molecular flexibility index (Phi) is 2.19. The highest BCUT2D eigenvalue weighted by Gasteiger charge is 2.31. The minimum absolute atomic E-state index is 0.183. The normalized spacial score (nSPS) is 23.6. The number of hydrogen-bond donors (Lipinski definition) is 3. The lowest BCUT2D eigenvalue weighted by atomic mass is 9.95. The molecule has 1 aromatic carbocycles. The standard InChI is InChI=1S/C13H14N2O2/c1-7-6-9-8-4-2-3-5-10(8)15-11(9)12(14-7)13(16)17/h2-5,7,12,14-15H,6H2,1H3,(H,16,17). The molecule has 4 nitrogen and oxygen atoms in total. The molecule has 0 radical (unpaired) electrons. The first kappa shape index (κ1) is 10.4. The van der Waals surface area contributed by atoms with E-state index in [-0.39, 0.29) is 6.04 Å². The van der Waals surface area contributed by atoms with Crippen LogP contribution < -0.4 is 5.32 Å². The molecule has 0 fully saturated rings. The highest BCUT2D eigenvalue weighted by atomic mass is 16.4. The van der Waals surface area contributed by atoms with Gasteiger partial charge in [-0.2, -0.15) is 0 Å². The number of aromatic nitrogens is 1. The average molecular weight is 230 g/mol. The minimum atomic E-state index is -0.829. The van der Waals surface area contributed by atoms with E-state index in [1.54, 1.807) is 0 Å². The Hall–Kier alpha value is -1.81. The Labute approximate surface area is 98.6 Å². The molecule has 3 N–H and O–H groups in total. The molecule has 0 bridgehead atoms. The van der Waals surface area contributed by atoms with Crippen molar-refractivity contribution in [3.63, 3.8) is 0 Å². The van der Waals surface area contributed by atoms with Crippen molar-refractivity contribution in [3.8, 4) is 0 Å². The summed E-state index contributed by atoms with van der Waals surface area (Å²) in [6.45, 7) is 2.01. The van der Waals surface area contributed by atoms with Crippen LogP contribution in [0.5, 0.6) is 0 Å². The molecule has 2 aromatic rings. The maximum absolute atomic E-state index is 11.3. The Morgan fingerprint density at radius 3 is 2.94 bits per heavy atom. The maximum Gasteiger partial charge on any atom is 0.326 e. The van der Waals surface area contributed by atoms with Crippen LogP contribution in [0.2, 0.25) is 0 Å². The number of para-hydroxylation sites is 1. The van der Waals surface area contributed by atoms with E-state index in [1.807, 2.05) is 31.2 Å². The van der Waals surface area contributed by atoms with Gasteiger partial charge < -0.3 is 10.1 Å².